The third-order valence-electron chi connectivity index (χ3n) is 13.8. The first-order chi connectivity index (χ1) is 32.8. The number of carbonyl (C=O) groups excluding carboxylic acids is 3. The maximum absolute atomic E-state index is 13.7. The van der Waals surface area contributed by atoms with Crippen LogP contribution in [0.15, 0.2) is 60.7 Å². The van der Waals surface area contributed by atoms with Gasteiger partial charge < -0.3 is 56.3 Å². The monoisotopic (exact) mass is 942 g/mol. The second-order valence-corrected chi connectivity index (χ2v) is 18.0. The highest BCUT2D eigenvalue weighted by Gasteiger charge is 2.45. The van der Waals surface area contributed by atoms with Gasteiger partial charge in [-0.3, -0.25) is 14.4 Å². The molecule has 4 aromatic rings. The summed E-state index contributed by atoms with van der Waals surface area (Å²) in [5.74, 6) is 4.34. The fourth-order valence-corrected chi connectivity index (χ4v) is 9.82. The zero-order valence-electron chi connectivity index (χ0n) is 41.5. The zero-order chi connectivity index (χ0) is 49.0. The first kappa shape index (κ1) is 51.2. The Morgan fingerprint density at radius 3 is 1.44 bits per heavy atom. The van der Waals surface area contributed by atoms with Crippen molar-refractivity contribution in [2.24, 2.45) is 0 Å². The van der Waals surface area contributed by atoms with Crippen LogP contribution in [-0.4, -0.2) is 137 Å². The first-order valence-corrected chi connectivity index (χ1v) is 23.2. The third-order valence-corrected chi connectivity index (χ3v) is 13.8. The summed E-state index contributed by atoms with van der Waals surface area (Å²) in [6.45, 7) is 2.55. The molecule has 0 aliphatic carbocycles. The van der Waals surface area contributed by atoms with Gasteiger partial charge in [-0.25, -0.2) is 0 Å². The van der Waals surface area contributed by atoms with E-state index in [9.17, 15) is 14.4 Å². The van der Waals surface area contributed by atoms with Crippen LogP contribution in [0.25, 0.3) is 0 Å². The standard InChI is InChI=1S/C53H70N2O13/c1-54(21-18-37-30-48(63-7)49(64-8)31-38(37)41(54)26-35-14-16-44(59-3)46(28-35)61-5)22-19-52(57)67-24-12-11-13-25-68-53(58)20-23-55(2)34-43(56)40-33-51(66-10)50(65-9)32-39(40)42(55)27-36-15-17-45(60-4)47(29-36)62-6/h14-17,28-33,41-42H,11-13,18-27,34H2,1-10H3/q+2/t41-,42?,54-,55+/m1/s1. The summed E-state index contributed by atoms with van der Waals surface area (Å²) < 4.78 is 57.1. The number of quaternary nitrogens is 2. The molecule has 2 aliphatic rings. The SMILES string of the molecule is COc1ccc(CC2c3cc(OC)c(OC)cc3C(=O)C[N@+]2(C)CCC(=O)OCCCCCOC(=O)CC[N@@+]2(C)CCc3cc(OC)c(OC)cc3[C@H]2Cc2ccc(OC)c(OC)c2)cc1OC. The van der Waals surface area contributed by atoms with E-state index in [0.717, 1.165) is 36.1 Å². The molecule has 1 unspecified atom stereocenters. The van der Waals surface area contributed by atoms with E-state index in [-0.39, 0.29) is 62.4 Å². The average Bonchev–Trinajstić information content (AvgIpc) is 3.35. The second-order valence-electron chi connectivity index (χ2n) is 18.0. The Balaban J connectivity index is 1.000. The van der Waals surface area contributed by atoms with Crippen molar-refractivity contribution < 1.29 is 70.7 Å². The molecular weight excluding hydrogens is 873 g/mol. The van der Waals surface area contributed by atoms with E-state index in [2.05, 4.69) is 25.2 Å². The van der Waals surface area contributed by atoms with Crippen LogP contribution in [0.4, 0.5) is 0 Å². The summed E-state index contributed by atoms with van der Waals surface area (Å²) in [5.41, 5.74) is 5.86. The lowest BCUT2D eigenvalue weighted by Gasteiger charge is -2.46. The number of ketones is 1. The Labute approximate surface area is 401 Å². The Kier molecular flexibility index (Phi) is 17.5. The van der Waals surface area contributed by atoms with Crippen LogP contribution in [0.5, 0.6) is 46.0 Å². The molecule has 0 amide bonds. The van der Waals surface area contributed by atoms with E-state index in [1.54, 1.807) is 62.9 Å². The van der Waals surface area contributed by atoms with Crippen molar-refractivity contribution in [2.45, 2.75) is 63.5 Å². The quantitative estimate of drug-likeness (QED) is 0.0385. The van der Waals surface area contributed by atoms with E-state index >= 15 is 0 Å². The number of hydrogen-bond donors (Lipinski definition) is 0. The molecule has 68 heavy (non-hydrogen) atoms. The molecule has 0 fully saturated rings. The number of methoxy groups -OCH3 is 8. The molecule has 368 valence electrons. The number of rotatable bonds is 24. The van der Waals surface area contributed by atoms with E-state index in [1.165, 1.54) is 11.1 Å². The fourth-order valence-electron chi connectivity index (χ4n) is 9.82. The van der Waals surface area contributed by atoms with Crippen molar-refractivity contribution in [2.75, 3.05) is 110 Å². The number of esters is 2. The first-order valence-electron chi connectivity index (χ1n) is 23.2. The number of unbranched alkanes of at least 4 members (excludes halogenated alkanes) is 2. The van der Waals surface area contributed by atoms with E-state index < -0.39 is 0 Å². The number of hydrogen-bond acceptors (Lipinski definition) is 13. The van der Waals surface area contributed by atoms with Gasteiger partial charge in [-0.15, -0.1) is 0 Å². The summed E-state index contributed by atoms with van der Waals surface area (Å²) in [6.07, 6.45) is 4.50. The zero-order valence-corrected chi connectivity index (χ0v) is 41.5. The average molecular weight is 943 g/mol. The van der Waals surface area contributed by atoms with Crippen LogP contribution < -0.4 is 37.9 Å². The minimum atomic E-state index is -0.329. The van der Waals surface area contributed by atoms with Gasteiger partial charge in [0.15, 0.2) is 46.0 Å². The molecule has 4 aromatic carbocycles. The summed E-state index contributed by atoms with van der Waals surface area (Å²) in [7, 11) is 17.1. The van der Waals surface area contributed by atoms with Gasteiger partial charge in [0, 0.05) is 36.0 Å². The van der Waals surface area contributed by atoms with Crippen LogP contribution in [-0.2, 0) is 38.3 Å². The second kappa shape index (κ2) is 23.2. The highest BCUT2D eigenvalue weighted by molar-refractivity contribution is 6.00. The maximum Gasteiger partial charge on any atom is 0.311 e. The predicted octanol–water partition coefficient (Wildman–Crippen LogP) is 7.71. The lowest BCUT2D eigenvalue weighted by Crippen LogP contribution is -2.55. The summed E-state index contributed by atoms with van der Waals surface area (Å²) in [6, 6.07) is 19.4. The van der Waals surface area contributed by atoms with Crippen LogP contribution in [0.3, 0.4) is 0 Å². The highest BCUT2D eigenvalue weighted by Crippen LogP contribution is 2.45. The molecule has 0 bridgehead atoms. The smallest absolute Gasteiger partial charge is 0.311 e. The third kappa shape index (κ3) is 11.7. The van der Waals surface area contributed by atoms with Gasteiger partial charge in [0.05, 0.1) is 117 Å². The molecule has 0 saturated carbocycles. The minimum absolute atomic E-state index is 0.0231. The predicted molar refractivity (Wildman–Crippen MR) is 256 cm³/mol. The molecule has 6 rings (SSSR count). The molecule has 2 heterocycles. The number of fused-ring (bicyclic) bond motifs is 2. The van der Waals surface area contributed by atoms with Crippen LogP contribution in [0.1, 0.15) is 82.4 Å². The van der Waals surface area contributed by atoms with Crippen LogP contribution in [0, 0.1) is 0 Å². The van der Waals surface area contributed by atoms with Gasteiger partial charge >= 0.3 is 11.9 Å². The summed E-state index contributed by atoms with van der Waals surface area (Å²) in [4.78, 5) is 40.1. The number of nitrogens with zero attached hydrogens (tertiary/aromatic N) is 2. The maximum atomic E-state index is 13.7. The summed E-state index contributed by atoms with van der Waals surface area (Å²) in [5, 5.41) is 0. The van der Waals surface area contributed by atoms with E-state index in [1.807, 2.05) is 43.4 Å². The van der Waals surface area contributed by atoms with Gasteiger partial charge in [0.2, 0.25) is 5.78 Å². The van der Waals surface area contributed by atoms with Gasteiger partial charge in [-0.2, -0.15) is 0 Å². The summed E-state index contributed by atoms with van der Waals surface area (Å²) >= 11 is 0. The molecular formula is C53H70N2O13+2. The van der Waals surface area contributed by atoms with Gasteiger partial charge in [-0.1, -0.05) is 12.1 Å². The van der Waals surface area contributed by atoms with Crippen molar-refractivity contribution in [3.63, 3.8) is 0 Å². The molecule has 0 spiro atoms. The van der Waals surface area contributed by atoms with E-state index in [0.29, 0.717) is 99.3 Å². The minimum Gasteiger partial charge on any atom is -0.493 e. The van der Waals surface area contributed by atoms with Crippen molar-refractivity contribution in [1.29, 1.82) is 0 Å². The topological polar surface area (TPSA) is 144 Å². The molecule has 0 aromatic heterocycles. The van der Waals surface area contributed by atoms with Crippen LogP contribution >= 0.6 is 0 Å². The number of benzene rings is 4. The number of likely N-dealkylation sites (N-methyl/N-ethyl adjacent to an activating group) is 2. The lowest BCUT2D eigenvalue weighted by molar-refractivity contribution is -0.940. The van der Waals surface area contributed by atoms with Gasteiger partial charge in [-0.05, 0) is 84.5 Å². The fraction of sp³-hybridized carbons (Fsp3) is 0.491. The number of carbonyl (C=O) groups is 3. The lowest BCUT2D eigenvalue weighted by atomic mass is 9.85. The molecule has 2 aliphatic heterocycles. The van der Waals surface area contributed by atoms with Crippen molar-refractivity contribution in [3.05, 3.63) is 94.0 Å². The Morgan fingerprint density at radius 2 is 0.941 bits per heavy atom. The largest absolute Gasteiger partial charge is 0.493 e. The normalized spacial score (nSPS) is 19.5. The van der Waals surface area contributed by atoms with Crippen molar-refractivity contribution in [3.8, 4) is 46.0 Å². The Bertz CT molecular complexity index is 2400. The Hall–Kier alpha value is -6.19. The molecule has 15 nitrogen and oxygen atoms in total. The number of ether oxygens (including phenoxy) is 10. The van der Waals surface area contributed by atoms with Crippen LogP contribution in [0.2, 0.25) is 0 Å². The molecule has 0 radical (unpaired) electrons. The molecule has 4 atom stereocenters. The molecule has 0 N–H and O–H groups in total. The molecule has 15 heteroatoms. The molecule has 0 saturated heterocycles. The number of Topliss-reactive ketones (excluding diaryl/α,β-unsaturated/α-hetero) is 1. The van der Waals surface area contributed by atoms with E-state index in [4.69, 9.17) is 47.4 Å². The van der Waals surface area contributed by atoms with Gasteiger partial charge in [0.25, 0.3) is 0 Å². The Morgan fingerprint density at radius 1 is 0.515 bits per heavy atom. The highest BCUT2D eigenvalue weighted by atomic mass is 16.5. The van der Waals surface area contributed by atoms with Crippen molar-refractivity contribution in [1.82, 2.24) is 0 Å². The van der Waals surface area contributed by atoms with Crippen molar-refractivity contribution >= 4 is 17.7 Å². The van der Waals surface area contributed by atoms with Gasteiger partial charge in [0.1, 0.15) is 18.6 Å².